The molecule has 0 aliphatic carbocycles. The van der Waals surface area contributed by atoms with E-state index in [1.807, 2.05) is 12.1 Å². The second-order valence-corrected chi connectivity index (χ2v) is 6.36. The average molecular weight is 265 g/mol. The van der Waals surface area contributed by atoms with Gasteiger partial charge in [0.25, 0.3) is 0 Å². The van der Waals surface area contributed by atoms with E-state index in [1.165, 1.54) is 30.6 Å². The largest absolute Gasteiger partial charge is 0.508 e. The number of benzene rings is 1. The number of phenols is 1. The molecule has 0 amide bonds. The lowest BCUT2D eigenvalue weighted by Gasteiger charge is -2.25. The molecule has 0 bridgehead atoms. The van der Waals surface area contributed by atoms with Crippen molar-refractivity contribution in [2.24, 2.45) is 0 Å². The molecule has 1 aliphatic heterocycles. The van der Waals surface area contributed by atoms with Crippen LogP contribution in [0.25, 0.3) is 0 Å². The minimum Gasteiger partial charge on any atom is -0.508 e. The molecule has 1 aliphatic rings. The highest BCUT2D eigenvalue weighted by Crippen LogP contribution is 2.26. The summed E-state index contributed by atoms with van der Waals surface area (Å²) in [4.78, 5) is 0. The molecule has 1 saturated heterocycles. The van der Waals surface area contributed by atoms with Crippen molar-refractivity contribution in [1.82, 2.24) is 5.32 Å². The third kappa shape index (κ3) is 3.92. The van der Waals surface area contributed by atoms with E-state index in [-0.39, 0.29) is 0 Å². The van der Waals surface area contributed by atoms with Gasteiger partial charge < -0.3 is 10.4 Å². The fraction of sp³-hybridized carbons (Fsp3) is 0.600. The molecule has 0 aromatic heterocycles. The number of nitrogens with one attached hydrogen (secondary N) is 1. The maximum atomic E-state index is 9.32. The molecule has 2 nitrogen and oxygen atoms in total. The number of rotatable bonds is 5. The summed E-state index contributed by atoms with van der Waals surface area (Å²) in [7, 11) is 0. The van der Waals surface area contributed by atoms with Gasteiger partial charge in [-0.15, -0.1) is 0 Å². The Morgan fingerprint density at radius 2 is 2.11 bits per heavy atom. The molecule has 2 atom stereocenters. The van der Waals surface area contributed by atoms with Crippen molar-refractivity contribution < 1.29 is 5.11 Å². The summed E-state index contributed by atoms with van der Waals surface area (Å²) in [6.07, 6.45) is 5.21. The zero-order valence-electron chi connectivity index (χ0n) is 11.1. The Labute approximate surface area is 114 Å². The van der Waals surface area contributed by atoms with Gasteiger partial charge >= 0.3 is 0 Å². The first-order valence-corrected chi connectivity index (χ1v) is 7.98. The predicted molar refractivity (Wildman–Crippen MR) is 79.2 cm³/mol. The van der Waals surface area contributed by atoms with Crippen LogP contribution in [-0.4, -0.2) is 22.7 Å². The number of phenolic OH excluding ortho intramolecular Hbond substituents is 1. The molecule has 1 fully saturated rings. The SMILES string of the molecule is CCC(NCC1CCCCS1)c1ccc(O)cc1. The standard InChI is InChI=1S/C15H23NOS/c1-2-15(12-6-8-13(17)9-7-12)16-11-14-5-3-4-10-18-14/h6-9,14-17H,2-5,10-11H2,1H3. The van der Waals surface area contributed by atoms with Gasteiger partial charge in [-0.3, -0.25) is 0 Å². The first-order chi connectivity index (χ1) is 8.79. The Morgan fingerprint density at radius 1 is 1.33 bits per heavy atom. The van der Waals surface area contributed by atoms with Crippen molar-refractivity contribution >= 4 is 11.8 Å². The maximum Gasteiger partial charge on any atom is 0.115 e. The highest BCUT2D eigenvalue weighted by molar-refractivity contribution is 7.99. The topological polar surface area (TPSA) is 32.3 Å². The summed E-state index contributed by atoms with van der Waals surface area (Å²) in [6.45, 7) is 3.31. The molecule has 0 spiro atoms. The van der Waals surface area contributed by atoms with E-state index in [9.17, 15) is 5.11 Å². The van der Waals surface area contributed by atoms with Crippen LogP contribution in [0.2, 0.25) is 0 Å². The van der Waals surface area contributed by atoms with Crippen molar-refractivity contribution in [3.05, 3.63) is 29.8 Å². The summed E-state index contributed by atoms with van der Waals surface area (Å²) >= 11 is 2.11. The molecule has 18 heavy (non-hydrogen) atoms. The molecule has 2 N–H and O–H groups in total. The Kier molecular flexibility index (Phi) is 5.39. The minimum absolute atomic E-state index is 0.344. The molecule has 100 valence electrons. The first kappa shape index (κ1) is 13.8. The maximum absolute atomic E-state index is 9.32. The van der Waals surface area contributed by atoms with Crippen LogP contribution < -0.4 is 5.32 Å². The molecule has 3 heteroatoms. The number of thioether (sulfide) groups is 1. The minimum atomic E-state index is 0.344. The van der Waals surface area contributed by atoms with Crippen LogP contribution in [0.5, 0.6) is 5.75 Å². The zero-order chi connectivity index (χ0) is 12.8. The Hall–Kier alpha value is -0.670. The van der Waals surface area contributed by atoms with Crippen molar-refractivity contribution in [3.8, 4) is 5.75 Å². The van der Waals surface area contributed by atoms with E-state index in [2.05, 4.69) is 24.0 Å². The number of hydrogen-bond acceptors (Lipinski definition) is 3. The molecule has 1 heterocycles. The molecule has 1 aromatic carbocycles. The highest BCUT2D eigenvalue weighted by Gasteiger charge is 2.16. The zero-order valence-corrected chi connectivity index (χ0v) is 11.9. The van der Waals surface area contributed by atoms with Gasteiger partial charge in [-0.25, -0.2) is 0 Å². The number of hydrogen-bond donors (Lipinski definition) is 2. The first-order valence-electron chi connectivity index (χ1n) is 6.93. The third-order valence-electron chi connectivity index (χ3n) is 3.57. The number of aromatic hydroxyl groups is 1. The van der Waals surface area contributed by atoms with E-state index in [0.29, 0.717) is 11.8 Å². The summed E-state index contributed by atoms with van der Waals surface area (Å²) in [5, 5.41) is 13.8. The van der Waals surface area contributed by atoms with E-state index in [4.69, 9.17) is 0 Å². The van der Waals surface area contributed by atoms with Gasteiger partial charge in [0, 0.05) is 17.8 Å². The lowest BCUT2D eigenvalue weighted by Crippen LogP contribution is -2.30. The summed E-state index contributed by atoms with van der Waals surface area (Å²) in [6, 6.07) is 7.99. The molecule has 2 unspecified atom stereocenters. The van der Waals surface area contributed by atoms with E-state index < -0.39 is 0 Å². The van der Waals surface area contributed by atoms with Crippen molar-refractivity contribution in [1.29, 1.82) is 0 Å². The predicted octanol–water partition coefficient (Wildman–Crippen LogP) is 3.72. The second kappa shape index (κ2) is 7.05. The lowest BCUT2D eigenvalue weighted by atomic mass is 10.0. The van der Waals surface area contributed by atoms with Gasteiger partial charge in [0.15, 0.2) is 0 Å². The molecule has 1 aromatic rings. The monoisotopic (exact) mass is 265 g/mol. The Bertz CT molecular complexity index is 346. The van der Waals surface area contributed by atoms with Crippen LogP contribution >= 0.6 is 11.8 Å². The third-order valence-corrected chi connectivity index (χ3v) is 4.97. The van der Waals surface area contributed by atoms with E-state index in [0.717, 1.165) is 18.2 Å². The van der Waals surface area contributed by atoms with Crippen LogP contribution in [0.1, 0.15) is 44.2 Å². The van der Waals surface area contributed by atoms with Crippen molar-refractivity contribution in [2.75, 3.05) is 12.3 Å². The fourth-order valence-corrected chi connectivity index (χ4v) is 3.70. The summed E-state index contributed by atoms with van der Waals surface area (Å²) in [5.41, 5.74) is 1.27. The van der Waals surface area contributed by atoms with Gasteiger partial charge in [0.05, 0.1) is 0 Å². The van der Waals surface area contributed by atoms with Crippen LogP contribution in [0.3, 0.4) is 0 Å². The van der Waals surface area contributed by atoms with Crippen LogP contribution in [0.4, 0.5) is 0 Å². The molecular formula is C15H23NOS. The fourth-order valence-electron chi connectivity index (χ4n) is 2.45. The van der Waals surface area contributed by atoms with Gasteiger partial charge in [0.2, 0.25) is 0 Å². The molecule has 0 saturated carbocycles. The molecule has 2 rings (SSSR count). The Balaban J connectivity index is 1.86. The lowest BCUT2D eigenvalue weighted by molar-refractivity contribution is 0.472. The van der Waals surface area contributed by atoms with E-state index >= 15 is 0 Å². The van der Waals surface area contributed by atoms with Crippen molar-refractivity contribution in [3.63, 3.8) is 0 Å². The van der Waals surface area contributed by atoms with Crippen LogP contribution in [0.15, 0.2) is 24.3 Å². The van der Waals surface area contributed by atoms with Gasteiger partial charge in [-0.05, 0) is 42.7 Å². The molecular weight excluding hydrogens is 242 g/mol. The summed E-state index contributed by atoms with van der Waals surface area (Å²) < 4.78 is 0. The van der Waals surface area contributed by atoms with Crippen LogP contribution in [-0.2, 0) is 0 Å². The van der Waals surface area contributed by atoms with Gasteiger partial charge in [-0.1, -0.05) is 25.5 Å². The van der Waals surface area contributed by atoms with Crippen LogP contribution in [0, 0.1) is 0 Å². The Morgan fingerprint density at radius 3 is 2.72 bits per heavy atom. The second-order valence-electron chi connectivity index (χ2n) is 4.95. The van der Waals surface area contributed by atoms with Gasteiger partial charge in [0.1, 0.15) is 5.75 Å². The highest BCUT2D eigenvalue weighted by atomic mass is 32.2. The quantitative estimate of drug-likeness (QED) is 0.851. The van der Waals surface area contributed by atoms with Gasteiger partial charge in [-0.2, -0.15) is 11.8 Å². The summed E-state index contributed by atoms with van der Waals surface area (Å²) in [5.74, 6) is 1.67. The molecule has 0 radical (unpaired) electrons. The average Bonchev–Trinajstić information content (AvgIpc) is 2.42. The van der Waals surface area contributed by atoms with Crippen molar-refractivity contribution in [2.45, 2.75) is 43.9 Å². The smallest absolute Gasteiger partial charge is 0.115 e. The van der Waals surface area contributed by atoms with E-state index in [1.54, 1.807) is 12.1 Å². The normalized spacial score (nSPS) is 21.7.